The number of ether oxygens (including phenoxy) is 4. The molecule has 0 unspecified atom stereocenters. The summed E-state index contributed by atoms with van der Waals surface area (Å²) in [4.78, 5) is 30.8. The number of hydrogen-bond donors (Lipinski definition) is 0. The average molecular weight is 481 g/mol. The summed E-state index contributed by atoms with van der Waals surface area (Å²) in [5, 5.41) is 0.921. The number of halogens is 1. The fourth-order valence-electron chi connectivity index (χ4n) is 3.24. The summed E-state index contributed by atoms with van der Waals surface area (Å²) < 4.78 is 22.3. The van der Waals surface area contributed by atoms with Gasteiger partial charge in [-0.15, -0.1) is 0 Å². The highest BCUT2D eigenvalue weighted by atomic mass is 79.9. The van der Waals surface area contributed by atoms with Crippen molar-refractivity contribution >= 4 is 38.9 Å². The number of carbonyl (C=O) groups is 2. The summed E-state index contributed by atoms with van der Waals surface area (Å²) >= 11 is 3.49. The SMILES string of the molecule is COC(=O)[C@H]1C[C@@H](Oc2nc3cc(OC)ccc3cc2Br)CN1C(=O)OC(C)(C)C. The van der Waals surface area contributed by atoms with Crippen LogP contribution in [0.1, 0.15) is 27.2 Å². The lowest BCUT2D eigenvalue weighted by Gasteiger charge is -2.27. The Hall–Kier alpha value is -2.55. The van der Waals surface area contributed by atoms with Crippen LogP contribution in [-0.4, -0.2) is 60.5 Å². The first-order valence-electron chi connectivity index (χ1n) is 9.49. The number of hydrogen-bond acceptors (Lipinski definition) is 7. The van der Waals surface area contributed by atoms with Crippen molar-refractivity contribution in [3.05, 3.63) is 28.7 Å². The Morgan fingerprint density at radius 2 is 1.93 bits per heavy atom. The highest BCUT2D eigenvalue weighted by molar-refractivity contribution is 9.10. The fourth-order valence-corrected chi connectivity index (χ4v) is 3.66. The second kappa shape index (κ2) is 8.67. The smallest absolute Gasteiger partial charge is 0.411 e. The standard InChI is InChI=1S/C21H25BrN2O6/c1-21(2,3)30-20(26)24-11-14(10-17(24)19(25)28-5)29-18-15(22)8-12-6-7-13(27-4)9-16(12)23-18/h6-9,14,17H,10-11H2,1-5H3/t14-,17-/m1/s1. The topological polar surface area (TPSA) is 87.2 Å². The highest BCUT2D eigenvalue weighted by Gasteiger charge is 2.43. The van der Waals surface area contributed by atoms with Crippen LogP contribution in [0.3, 0.4) is 0 Å². The molecule has 8 nitrogen and oxygen atoms in total. The van der Waals surface area contributed by atoms with Crippen molar-refractivity contribution in [2.24, 2.45) is 0 Å². The molecule has 30 heavy (non-hydrogen) atoms. The molecule has 2 aromatic rings. The van der Waals surface area contributed by atoms with Crippen molar-refractivity contribution in [3.63, 3.8) is 0 Å². The molecule has 0 N–H and O–H groups in total. The van der Waals surface area contributed by atoms with E-state index in [-0.39, 0.29) is 13.0 Å². The Kier molecular flexibility index (Phi) is 6.40. The minimum atomic E-state index is -0.783. The quantitative estimate of drug-likeness (QED) is 0.612. The van der Waals surface area contributed by atoms with Crippen LogP contribution in [0.5, 0.6) is 11.6 Å². The number of nitrogens with zero attached hydrogens (tertiary/aromatic N) is 2. The molecule has 0 bridgehead atoms. The largest absolute Gasteiger partial charge is 0.497 e. The predicted octanol–water partition coefficient (Wildman–Crippen LogP) is 3.94. The molecule has 1 aromatic heterocycles. The summed E-state index contributed by atoms with van der Waals surface area (Å²) in [5.41, 5.74) is 0.0256. The van der Waals surface area contributed by atoms with E-state index in [1.165, 1.54) is 12.0 Å². The van der Waals surface area contributed by atoms with Gasteiger partial charge in [-0.1, -0.05) is 0 Å². The van der Waals surface area contributed by atoms with Crippen LogP contribution in [0.15, 0.2) is 28.7 Å². The number of esters is 1. The molecule has 162 valence electrons. The van der Waals surface area contributed by atoms with Crippen molar-refractivity contribution < 1.29 is 28.5 Å². The number of likely N-dealkylation sites (tertiary alicyclic amines) is 1. The first-order chi connectivity index (χ1) is 14.1. The second-order valence-electron chi connectivity index (χ2n) is 7.98. The monoisotopic (exact) mass is 480 g/mol. The Labute approximate surface area is 183 Å². The molecule has 1 saturated heterocycles. The van der Waals surface area contributed by atoms with E-state index in [1.807, 2.05) is 24.3 Å². The third-order valence-electron chi connectivity index (χ3n) is 4.59. The van der Waals surface area contributed by atoms with Crippen molar-refractivity contribution in [2.75, 3.05) is 20.8 Å². The van der Waals surface area contributed by atoms with E-state index in [1.54, 1.807) is 27.9 Å². The van der Waals surface area contributed by atoms with Crippen LogP contribution in [0.25, 0.3) is 10.9 Å². The predicted molar refractivity (Wildman–Crippen MR) is 114 cm³/mol. The second-order valence-corrected chi connectivity index (χ2v) is 8.84. The molecule has 9 heteroatoms. The molecule has 0 aliphatic carbocycles. The maximum Gasteiger partial charge on any atom is 0.411 e. The van der Waals surface area contributed by atoms with Crippen LogP contribution in [0.2, 0.25) is 0 Å². The van der Waals surface area contributed by atoms with Gasteiger partial charge in [-0.05, 0) is 54.9 Å². The van der Waals surface area contributed by atoms with Gasteiger partial charge in [0.1, 0.15) is 23.5 Å². The normalized spacial score (nSPS) is 18.9. The van der Waals surface area contributed by atoms with E-state index in [0.29, 0.717) is 21.6 Å². The number of fused-ring (bicyclic) bond motifs is 1. The van der Waals surface area contributed by atoms with Gasteiger partial charge in [-0.25, -0.2) is 14.6 Å². The molecule has 1 amide bonds. The zero-order valence-electron chi connectivity index (χ0n) is 17.6. The van der Waals surface area contributed by atoms with Crippen LogP contribution in [0, 0.1) is 0 Å². The third kappa shape index (κ3) is 4.95. The lowest BCUT2D eigenvalue weighted by atomic mass is 10.2. The van der Waals surface area contributed by atoms with E-state index >= 15 is 0 Å². The molecular formula is C21H25BrN2O6. The first-order valence-corrected chi connectivity index (χ1v) is 10.3. The number of benzene rings is 1. The average Bonchev–Trinajstić information content (AvgIpc) is 3.10. The summed E-state index contributed by atoms with van der Waals surface area (Å²) in [6.45, 7) is 5.49. The summed E-state index contributed by atoms with van der Waals surface area (Å²) in [5.74, 6) is 0.545. The van der Waals surface area contributed by atoms with Gasteiger partial charge < -0.3 is 18.9 Å². The molecule has 2 heterocycles. The van der Waals surface area contributed by atoms with E-state index in [4.69, 9.17) is 18.9 Å². The van der Waals surface area contributed by atoms with Gasteiger partial charge in [0.25, 0.3) is 0 Å². The van der Waals surface area contributed by atoms with Gasteiger partial charge in [0.2, 0.25) is 5.88 Å². The van der Waals surface area contributed by atoms with Crippen LogP contribution in [0.4, 0.5) is 4.79 Å². The van der Waals surface area contributed by atoms with E-state index in [2.05, 4.69) is 20.9 Å². The fraction of sp³-hybridized carbons (Fsp3) is 0.476. The van der Waals surface area contributed by atoms with Gasteiger partial charge in [-0.2, -0.15) is 0 Å². The third-order valence-corrected chi connectivity index (χ3v) is 5.16. The maximum atomic E-state index is 12.6. The molecule has 0 radical (unpaired) electrons. The van der Waals surface area contributed by atoms with Gasteiger partial charge in [0.15, 0.2) is 0 Å². The molecule has 0 spiro atoms. The molecule has 1 aliphatic rings. The maximum absolute atomic E-state index is 12.6. The van der Waals surface area contributed by atoms with Crippen molar-refractivity contribution in [2.45, 2.75) is 44.9 Å². The number of amides is 1. The zero-order chi connectivity index (χ0) is 22.1. The summed E-state index contributed by atoms with van der Waals surface area (Å²) in [6.07, 6.45) is -0.760. The summed E-state index contributed by atoms with van der Waals surface area (Å²) in [6, 6.07) is 6.69. The van der Waals surface area contributed by atoms with Crippen LogP contribution < -0.4 is 9.47 Å². The number of methoxy groups -OCH3 is 2. The number of aromatic nitrogens is 1. The molecule has 0 saturated carbocycles. The van der Waals surface area contributed by atoms with Gasteiger partial charge in [-0.3, -0.25) is 4.90 Å². The van der Waals surface area contributed by atoms with E-state index in [9.17, 15) is 9.59 Å². The number of rotatable bonds is 4. The summed E-state index contributed by atoms with van der Waals surface area (Å²) in [7, 11) is 2.88. The lowest BCUT2D eigenvalue weighted by Crippen LogP contribution is -2.44. The molecule has 3 rings (SSSR count). The van der Waals surface area contributed by atoms with Crippen molar-refractivity contribution in [1.82, 2.24) is 9.88 Å². The minimum Gasteiger partial charge on any atom is -0.497 e. The molecule has 1 aliphatic heterocycles. The highest BCUT2D eigenvalue weighted by Crippen LogP contribution is 2.32. The number of carbonyl (C=O) groups excluding carboxylic acids is 2. The Morgan fingerprint density at radius 1 is 1.20 bits per heavy atom. The zero-order valence-corrected chi connectivity index (χ0v) is 19.2. The van der Waals surface area contributed by atoms with E-state index in [0.717, 1.165) is 5.39 Å². The minimum absolute atomic E-state index is 0.180. The van der Waals surface area contributed by atoms with Crippen LogP contribution >= 0.6 is 15.9 Å². The first kappa shape index (κ1) is 22.1. The number of pyridine rings is 1. The van der Waals surface area contributed by atoms with Gasteiger partial charge in [0.05, 0.1) is 30.8 Å². The van der Waals surface area contributed by atoms with Crippen LogP contribution in [-0.2, 0) is 14.3 Å². The van der Waals surface area contributed by atoms with E-state index < -0.39 is 29.8 Å². The van der Waals surface area contributed by atoms with Gasteiger partial charge in [0, 0.05) is 17.9 Å². The Bertz CT molecular complexity index is 958. The lowest BCUT2D eigenvalue weighted by molar-refractivity contribution is -0.145. The molecular weight excluding hydrogens is 456 g/mol. The Morgan fingerprint density at radius 3 is 2.57 bits per heavy atom. The Balaban J connectivity index is 1.83. The molecule has 1 fully saturated rings. The van der Waals surface area contributed by atoms with Crippen molar-refractivity contribution in [1.29, 1.82) is 0 Å². The van der Waals surface area contributed by atoms with Crippen molar-refractivity contribution in [3.8, 4) is 11.6 Å². The van der Waals surface area contributed by atoms with Gasteiger partial charge >= 0.3 is 12.1 Å². The molecule has 2 atom stereocenters. The molecule has 1 aromatic carbocycles.